The number of nitrogens with one attached hydrogen (secondary N) is 2. The highest BCUT2D eigenvalue weighted by Crippen LogP contribution is 2.21. The summed E-state index contributed by atoms with van der Waals surface area (Å²) in [4.78, 5) is 13.8. The van der Waals surface area contributed by atoms with Crippen molar-refractivity contribution in [3.63, 3.8) is 0 Å². The van der Waals surface area contributed by atoms with E-state index < -0.39 is 0 Å². The monoisotopic (exact) mass is 279 g/mol. The van der Waals surface area contributed by atoms with Crippen LogP contribution in [0.15, 0.2) is 24.4 Å². The number of benzene rings is 1. The van der Waals surface area contributed by atoms with Crippen LogP contribution in [0.1, 0.15) is 24.8 Å². The number of hydrogen-bond donors (Lipinski definition) is 3. The molecule has 0 aliphatic carbocycles. The third kappa shape index (κ3) is 3.98. The van der Waals surface area contributed by atoms with Crippen LogP contribution in [0, 0.1) is 0 Å². The standard InChI is InChI=1S/C14H18ClN3O/c15-11-4-5-12-10(9-18-13(12)7-11)8-17-6-2-1-3-14(16)19/h4-5,7,9,17-18H,1-3,6,8H2,(H2,16,19). The number of aromatic nitrogens is 1. The maximum absolute atomic E-state index is 10.6. The van der Waals surface area contributed by atoms with E-state index in [1.165, 1.54) is 10.9 Å². The third-order valence-corrected chi connectivity index (χ3v) is 3.31. The molecule has 1 aromatic heterocycles. The van der Waals surface area contributed by atoms with Gasteiger partial charge in [0.25, 0.3) is 0 Å². The average Bonchev–Trinajstić information content (AvgIpc) is 2.75. The van der Waals surface area contributed by atoms with E-state index in [1.54, 1.807) is 0 Å². The molecule has 0 aliphatic heterocycles. The lowest BCUT2D eigenvalue weighted by atomic mass is 10.1. The van der Waals surface area contributed by atoms with Gasteiger partial charge in [0.15, 0.2) is 0 Å². The number of amides is 1. The van der Waals surface area contributed by atoms with Gasteiger partial charge in [0.1, 0.15) is 0 Å². The molecule has 0 atom stereocenters. The molecule has 0 fully saturated rings. The Hall–Kier alpha value is -1.52. The fourth-order valence-corrected chi connectivity index (χ4v) is 2.25. The van der Waals surface area contributed by atoms with Gasteiger partial charge in [0.05, 0.1) is 0 Å². The molecule has 4 nitrogen and oxygen atoms in total. The molecule has 0 spiro atoms. The predicted molar refractivity (Wildman–Crippen MR) is 78.1 cm³/mol. The van der Waals surface area contributed by atoms with Gasteiger partial charge in [-0.15, -0.1) is 0 Å². The van der Waals surface area contributed by atoms with E-state index in [9.17, 15) is 4.79 Å². The molecule has 2 aromatic rings. The average molecular weight is 280 g/mol. The van der Waals surface area contributed by atoms with Crippen molar-refractivity contribution < 1.29 is 4.79 Å². The van der Waals surface area contributed by atoms with Crippen molar-refractivity contribution in [2.75, 3.05) is 6.54 Å². The van der Waals surface area contributed by atoms with Gasteiger partial charge in [0.2, 0.25) is 5.91 Å². The summed E-state index contributed by atoms with van der Waals surface area (Å²) in [6.45, 7) is 1.69. The summed E-state index contributed by atoms with van der Waals surface area (Å²) < 4.78 is 0. The fraction of sp³-hybridized carbons (Fsp3) is 0.357. The van der Waals surface area contributed by atoms with Crippen molar-refractivity contribution >= 4 is 28.4 Å². The van der Waals surface area contributed by atoms with E-state index in [0.29, 0.717) is 6.42 Å². The van der Waals surface area contributed by atoms with Crippen molar-refractivity contribution in [2.45, 2.75) is 25.8 Å². The van der Waals surface area contributed by atoms with E-state index in [-0.39, 0.29) is 5.91 Å². The second-order valence-electron chi connectivity index (χ2n) is 4.60. The quantitative estimate of drug-likeness (QED) is 0.682. The molecule has 0 saturated heterocycles. The zero-order valence-electron chi connectivity index (χ0n) is 10.7. The van der Waals surface area contributed by atoms with Crippen LogP contribution < -0.4 is 11.1 Å². The molecular weight excluding hydrogens is 262 g/mol. The second kappa shape index (κ2) is 6.59. The number of nitrogens with two attached hydrogens (primary N) is 1. The molecule has 0 bridgehead atoms. The van der Waals surface area contributed by atoms with E-state index in [0.717, 1.165) is 36.5 Å². The van der Waals surface area contributed by atoms with Gasteiger partial charge in [0, 0.05) is 35.1 Å². The summed E-state index contributed by atoms with van der Waals surface area (Å²) in [6.07, 6.45) is 4.26. The Morgan fingerprint density at radius 1 is 1.37 bits per heavy atom. The molecule has 4 N–H and O–H groups in total. The molecule has 2 rings (SSSR count). The smallest absolute Gasteiger partial charge is 0.217 e. The number of halogens is 1. The number of primary amides is 1. The molecule has 1 heterocycles. The highest BCUT2D eigenvalue weighted by Gasteiger charge is 2.03. The summed E-state index contributed by atoms with van der Waals surface area (Å²) in [5, 5.41) is 5.29. The topological polar surface area (TPSA) is 70.9 Å². The molecule has 102 valence electrons. The minimum absolute atomic E-state index is 0.228. The van der Waals surface area contributed by atoms with Gasteiger partial charge in [-0.3, -0.25) is 4.79 Å². The number of fused-ring (bicyclic) bond motifs is 1. The fourth-order valence-electron chi connectivity index (χ4n) is 2.08. The Morgan fingerprint density at radius 2 is 2.21 bits per heavy atom. The van der Waals surface area contributed by atoms with Gasteiger partial charge >= 0.3 is 0 Å². The summed E-state index contributed by atoms with van der Waals surface area (Å²) in [5.74, 6) is -0.228. The minimum Gasteiger partial charge on any atom is -0.370 e. The van der Waals surface area contributed by atoms with Crippen molar-refractivity contribution in [1.82, 2.24) is 10.3 Å². The largest absolute Gasteiger partial charge is 0.370 e. The summed E-state index contributed by atoms with van der Waals surface area (Å²) in [6, 6.07) is 5.85. The molecule has 0 saturated carbocycles. The maximum atomic E-state index is 10.6. The number of unbranched alkanes of at least 4 members (excludes halogenated alkanes) is 1. The zero-order chi connectivity index (χ0) is 13.7. The van der Waals surface area contributed by atoms with Gasteiger partial charge in [-0.2, -0.15) is 0 Å². The maximum Gasteiger partial charge on any atom is 0.217 e. The Bertz CT molecular complexity index is 565. The molecule has 19 heavy (non-hydrogen) atoms. The molecule has 0 radical (unpaired) electrons. The van der Waals surface area contributed by atoms with E-state index in [4.69, 9.17) is 17.3 Å². The van der Waals surface area contributed by atoms with Crippen molar-refractivity contribution in [3.8, 4) is 0 Å². The highest BCUT2D eigenvalue weighted by molar-refractivity contribution is 6.31. The first-order valence-corrected chi connectivity index (χ1v) is 6.79. The molecule has 0 unspecified atom stereocenters. The van der Waals surface area contributed by atoms with Gasteiger partial charge in [-0.1, -0.05) is 17.7 Å². The van der Waals surface area contributed by atoms with Gasteiger partial charge < -0.3 is 16.0 Å². The van der Waals surface area contributed by atoms with Gasteiger partial charge in [-0.25, -0.2) is 0 Å². The lowest BCUT2D eigenvalue weighted by Crippen LogP contribution is -2.16. The zero-order valence-corrected chi connectivity index (χ0v) is 11.5. The number of carbonyl (C=O) groups excluding carboxylic acids is 1. The molecular formula is C14H18ClN3O. The van der Waals surface area contributed by atoms with E-state index in [1.807, 2.05) is 24.4 Å². The predicted octanol–water partition coefficient (Wildman–Crippen LogP) is 2.57. The normalized spacial score (nSPS) is 11.0. The Balaban J connectivity index is 1.80. The van der Waals surface area contributed by atoms with Crippen LogP contribution in [0.4, 0.5) is 0 Å². The summed E-state index contributed by atoms with van der Waals surface area (Å²) in [5.41, 5.74) is 7.36. The molecule has 1 amide bonds. The van der Waals surface area contributed by atoms with Crippen LogP contribution in [0.25, 0.3) is 10.9 Å². The van der Waals surface area contributed by atoms with Crippen LogP contribution in [-0.4, -0.2) is 17.4 Å². The Morgan fingerprint density at radius 3 is 3.00 bits per heavy atom. The summed E-state index contributed by atoms with van der Waals surface area (Å²) >= 11 is 5.94. The first-order valence-electron chi connectivity index (χ1n) is 6.41. The van der Waals surface area contributed by atoms with Crippen LogP contribution in [0.3, 0.4) is 0 Å². The van der Waals surface area contributed by atoms with Gasteiger partial charge in [-0.05, 0) is 37.1 Å². The number of hydrogen-bond acceptors (Lipinski definition) is 2. The summed E-state index contributed by atoms with van der Waals surface area (Å²) in [7, 11) is 0. The Labute approximate surface area is 117 Å². The van der Waals surface area contributed by atoms with Crippen LogP contribution in [0.5, 0.6) is 0 Å². The van der Waals surface area contributed by atoms with Crippen LogP contribution in [0.2, 0.25) is 5.02 Å². The van der Waals surface area contributed by atoms with E-state index >= 15 is 0 Å². The highest BCUT2D eigenvalue weighted by atomic mass is 35.5. The Kier molecular flexibility index (Phi) is 4.82. The number of carbonyl (C=O) groups is 1. The second-order valence-corrected chi connectivity index (χ2v) is 5.04. The number of rotatable bonds is 7. The third-order valence-electron chi connectivity index (χ3n) is 3.07. The lowest BCUT2D eigenvalue weighted by Gasteiger charge is -2.03. The number of aromatic amines is 1. The molecule has 1 aromatic carbocycles. The first-order chi connectivity index (χ1) is 9.16. The number of H-pyrrole nitrogens is 1. The molecule has 0 aliphatic rings. The van der Waals surface area contributed by atoms with Crippen LogP contribution >= 0.6 is 11.6 Å². The van der Waals surface area contributed by atoms with E-state index in [2.05, 4.69) is 10.3 Å². The van der Waals surface area contributed by atoms with Crippen molar-refractivity contribution in [2.24, 2.45) is 5.73 Å². The lowest BCUT2D eigenvalue weighted by molar-refractivity contribution is -0.118. The SMILES string of the molecule is NC(=O)CCCCNCc1c[nH]c2cc(Cl)ccc12. The van der Waals surface area contributed by atoms with Crippen molar-refractivity contribution in [1.29, 1.82) is 0 Å². The molecule has 5 heteroatoms. The first kappa shape index (κ1) is 13.9. The minimum atomic E-state index is -0.228. The van der Waals surface area contributed by atoms with Crippen molar-refractivity contribution in [3.05, 3.63) is 35.0 Å². The van der Waals surface area contributed by atoms with Crippen LogP contribution in [-0.2, 0) is 11.3 Å².